The molecule has 0 aromatic heterocycles. The molecule has 6 nitrogen and oxygen atoms in total. The van der Waals surface area contributed by atoms with Gasteiger partial charge in [0, 0.05) is 34.1 Å². The fourth-order valence-electron chi connectivity index (χ4n) is 0. The molecule has 0 aliphatic rings. The normalized spacial score (nSPS) is 4.92. The van der Waals surface area contributed by atoms with Crippen LogP contribution in [0.1, 0.15) is 5.71 Å². The third kappa shape index (κ3) is 165. The van der Waals surface area contributed by atoms with Crippen molar-refractivity contribution in [1.29, 1.82) is 0 Å². The first-order chi connectivity index (χ1) is 2.00. The summed E-state index contributed by atoms with van der Waals surface area (Å²) in [5, 5.41) is 0. The number of hydrogen-bond donors (Lipinski definition) is 3. The van der Waals surface area contributed by atoms with Crippen molar-refractivity contribution in [3.8, 4) is 0 Å². The zero-order valence-electron chi connectivity index (χ0n) is 9.34. The monoisotopic (exact) mass is 343 g/mol. The smallest absolute Gasteiger partial charge is 1.00 e. The van der Waals surface area contributed by atoms with Crippen molar-refractivity contribution in [3.05, 3.63) is 0 Å². The molecule has 12 heavy (non-hydrogen) atoms. The van der Waals surface area contributed by atoms with Gasteiger partial charge in [-0.1, -0.05) is 0 Å². The molecular formula is H14AlCaFeMgMnO6P. The Morgan fingerprint density at radius 2 is 1.08 bits per heavy atom. The van der Waals surface area contributed by atoms with Crippen molar-refractivity contribution in [2.75, 3.05) is 0 Å². The minimum atomic E-state index is -4.64. The molecule has 0 aliphatic heterocycles. The second kappa shape index (κ2) is 29.3. The molecule has 0 fully saturated rings. The Morgan fingerprint density at radius 1 is 1.08 bits per heavy atom. The third-order valence-corrected chi connectivity index (χ3v) is 0. The van der Waals surface area contributed by atoms with E-state index in [0.29, 0.717) is 0 Å². The quantitative estimate of drug-likeness (QED) is 0.304. The molecule has 0 aromatic rings. The standard InChI is InChI=1S/Al.Ca.Fe.Mg.Mn.H3O4P.2H2O.7H/c;;;;;1-5(2,3)4;;;;;;;;;/h;;;;;(H3,1,2,3,4);2*1H2;;;;;;;/q;+2;;+2;;;;;;;;4*-1. The van der Waals surface area contributed by atoms with Gasteiger partial charge in [0.25, 0.3) is 0 Å². The molecule has 0 spiro atoms. The van der Waals surface area contributed by atoms with Gasteiger partial charge < -0.3 is 31.3 Å². The van der Waals surface area contributed by atoms with Crippen LogP contribution < -0.4 is 0 Å². The summed E-state index contributed by atoms with van der Waals surface area (Å²) in [6.45, 7) is 0. The molecule has 1 radical (unpaired) electrons. The Morgan fingerprint density at radius 3 is 1.08 bits per heavy atom. The average Bonchev–Trinajstić information content (AvgIpc) is 0.722. The van der Waals surface area contributed by atoms with Crippen LogP contribution in [0, 0.1) is 0 Å². The molecule has 0 aliphatic carbocycles. The summed E-state index contributed by atoms with van der Waals surface area (Å²) in [5.41, 5.74) is 0. The van der Waals surface area contributed by atoms with Crippen molar-refractivity contribution in [2.24, 2.45) is 0 Å². The van der Waals surface area contributed by atoms with Gasteiger partial charge in [-0.05, 0) is 0 Å². The van der Waals surface area contributed by atoms with Crippen LogP contribution in [0.25, 0.3) is 0 Å². The Hall–Kier alpha value is 3.63. The summed E-state index contributed by atoms with van der Waals surface area (Å²) in [6.07, 6.45) is 0. The minimum Gasteiger partial charge on any atom is -1.00 e. The van der Waals surface area contributed by atoms with E-state index in [1.165, 1.54) is 0 Å². The zero-order valence-corrected chi connectivity index (χ0v) is 12.1. The maximum Gasteiger partial charge on any atom is 2.00 e. The fourth-order valence-corrected chi connectivity index (χ4v) is 0. The Kier molecular flexibility index (Phi) is 140. The fraction of sp³-hybridized carbons (Fsp3) is 0. The van der Waals surface area contributed by atoms with Gasteiger partial charge in [0.2, 0.25) is 0 Å². The summed E-state index contributed by atoms with van der Waals surface area (Å²) in [6, 6.07) is 0. The first-order valence-corrected chi connectivity index (χ1v) is 2.35. The van der Waals surface area contributed by atoms with Crippen molar-refractivity contribution in [1.82, 2.24) is 0 Å². The Balaban J connectivity index is -0.00000000145. The van der Waals surface area contributed by atoms with Crippen molar-refractivity contribution < 1.29 is 70.0 Å². The predicted octanol–water partition coefficient (Wildman–Crippen LogP) is -4.08. The SMILES string of the molecule is O.O.O=P(O)(O)O.[AlH3].[Ca+2].[Fe].[H-].[H-].[H-].[H-].[Mg+2].[Mn]. The second-order valence-electron chi connectivity index (χ2n) is 0.513. The topological polar surface area (TPSA) is 141 Å². The van der Waals surface area contributed by atoms with E-state index in [-0.39, 0.29) is 129 Å². The van der Waals surface area contributed by atoms with Crippen LogP contribution >= 0.6 is 7.82 Å². The molecule has 0 rings (SSSR count). The van der Waals surface area contributed by atoms with Gasteiger partial charge in [-0.15, -0.1) is 0 Å². The molecular weight excluding hydrogens is 329 g/mol. The van der Waals surface area contributed by atoms with Gasteiger partial charge in [0.05, 0.1) is 0 Å². The molecule has 0 bridgehead atoms. The Labute approximate surface area is 154 Å². The van der Waals surface area contributed by atoms with Gasteiger partial charge in [-0.25, -0.2) is 4.57 Å². The average molecular weight is 343 g/mol. The molecule has 0 saturated heterocycles. The van der Waals surface area contributed by atoms with Crippen LogP contribution in [0.4, 0.5) is 0 Å². The van der Waals surface area contributed by atoms with Crippen LogP contribution in [0.3, 0.4) is 0 Å². The molecule has 0 saturated carbocycles. The van der Waals surface area contributed by atoms with E-state index in [4.69, 9.17) is 19.2 Å². The molecule has 0 heterocycles. The Bertz CT molecular complexity index is 86.7. The van der Waals surface area contributed by atoms with Gasteiger partial charge in [-0.3, -0.25) is 0 Å². The van der Waals surface area contributed by atoms with Gasteiger partial charge in [-0.2, -0.15) is 0 Å². The number of hydrogen-bond acceptors (Lipinski definition) is 1. The molecule has 0 aromatic carbocycles. The van der Waals surface area contributed by atoms with E-state index in [0.717, 1.165) is 0 Å². The van der Waals surface area contributed by atoms with E-state index in [1.807, 2.05) is 0 Å². The van der Waals surface area contributed by atoms with E-state index in [1.54, 1.807) is 0 Å². The van der Waals surface area contributed by atoms with E-state index < -0.39 is 7.82 Å². The van der Waals surface area contributed by atoms with Crippen LogP contribution in [0.2, 0.25) is 0 Å². The van der Waals surface area contributed by atoms with Crippen molar-refractivity contribution in [2.45, 2.75) is 0 Å². The number of rotatable bonds is 0. The third-order valence-electron chi connectivity index (χ3n) is 0. The first-order valence-electron chi connectivity index (χ1n) is 0.783. The minimum absolute atomic E-state index is 0. The first kappa shape index (κ1) is 57.5. The molecule has 0 atom stereocenters. The summed E-state index contributed by atoms with van der Waals surface area (Å²) in [5.74, 6) is 0. The molecule has 77 valence electrons. The van der Waals surface area contributed by atoms with E-state index >= 15 is 0 Å². The van der Waals surface area contributed by atoms with Crippen molar-refractivity contribution >= 4 is 86.0 Å². The van der Waals surface area contributed by atoms with Crippen LogP contribution in [-0.2, 0) is 38.7 Å². The molecule has 12 heteroatoms. The molecule has 7 N–H and O–H groups in total. The number of phosphoric acid groups is 1. The molecule has 0 unspecified atom stereocenters. The van der Waals surface area contributed by atoms with Crippen LogP contribution in [0.5, 0.6) is 0 Å². The van der Waals surface area contributed by atoms with Gasteiger partial charge in [0.15, 0.2) is 17.4 Å². The summed E-state index contributed by atoms with van der Waals surface area (Å²) < 4.78 is 8.88. The van der Waals surface area contributed by atoms with Crippen LogP contribution in [0.15, 0.2) is 0 Å². The summed E-state index contributed by atoms with van der Waals surface area (Å²) in [4.78, 5) is 21.6. The van der Waals surface area contributed by atoms with Crippen LogP contribution in [-0.4, -0.2) is 104 Å². The summed E-state index contributed by atoms with van der Waals surface area (Å²) in [7, 11) is -4.64. The van der Waals surface area contributed by atoms with Gasteiger partial charge in [0.1, 0.15) is 0 Å². The largest absolute Gasteiger partial charge is 2.00 e. The summed E-state index contributed by atoms with van der Waals surface area (Å²) >= 11 is 0. The molecule has 0 amide bonds. The van der Waals surface area contributed by atoms with E-state index in [2.05, 4.69) is 0 Å². The van der Waals surface area contributed by atoms with Gasteiger partial charge >= 0.3 is 68.6 Å². The van der Waals surface area contributed by atoms with Crippen molar-refractivity contribution in [3.63, 3.8) is 0 Å². The second-order valence-corrected chi connectivity index (χ2v) is 1.54. The maximum absolute atomic E-state index is 8.88. The van der Waals surface area contributed by atoms with E-state index in [9.17, 15) is 0 Å². The predicted molar refractivity (Wildman–Crippen MR) is 47.4 cm³/mol. The maximum atomic E-state index is 8.88. The zero-order chi connectivity index (χ0) is 4.50.